The van der Waals surface area contributed by atoms with Crippen molar-refractivity contribution in [3.8, 4) is 0 Å². The number of hydrogen-bond acceptors (Lipinski definition) is 5. The predicted molar refractivity (Wildman–Crippen MR) is 122 cm³/mol. The number of likely N-dealkylation sites (N-methyl/N-ethyl adjacent to an activating group) is 1. The monoisotopic (exact) mass is 462 g/mol. The van der Waals surface area contributed by atoms with Crippen LogP contribution in [-0.4, -0.2) is 42.2 Å². The summed E-state index contributed by atoms with van der Waals surface area (Å²) in [5.74, 6) is -2.25. The zero-order valence-electron chi connectivity index (χ0n) is 17.7. The summed E-state index contributed by atoms with van der Waals surface area (Å²) in [6.07, 6.45) is 0. The number of rotatable bonds is 6. The second-order valence-electron chi connectivity index (χ2n) is 7.47. The van der Waals surface area contributed by atoms with Crippen LogP contribution in [0.25, 0.3) is 0 Å². The summed E-state index contributed by atoms with van der Waals surface area (Å²) >= 11 is 6.15. The topological polar surface area (TPSA) is 84.0 Å². The first kappa shape index (κ1) is 22.2. The fourth-order valence-electron chi connectivity index (χ4n) is 3.49. The third-order valence-electron chi connectivity index (χ3n) is 5.23. The van der Waals surface area contributed by atoms with E-state index in [-0.39, 0.29) is 33.3 Å². The highest BCUT2D eigenvalue weighted by atomic mass is 35.5. The van der Waals surface area contributed by atoms with E-state index in [9.17, 15) is 19.2 Å². The van der Waals surface area contributed by atoms with E-state index in [1.807, 2.05) is 30.3 Å². The zero-order chi connectivity index (χ0) is 23.5. The van der Waals surface area contributed by atoms with Gasteiger partial charge in [-0.1, -0.05) is 54.1 Å². The van der Waals surface area contributed by atoms with Crippen LogP contribution >= 0.6 is 11.6 Å². The van der Waals surface area contributed by atoms with Crippen LogP contribution in [0, 0.1) is 0 Å². The zero-order valence-corrected chi connectivity index (χ0v) is 18.4. The van der Waals surface area contributed by atoms with Crippen LogP contribution in [0.2, 0.25) is 5.02 Å². The Morgan fingerprint density at radius 3 is 2.30 bits per heavy atom. The number of amides is 3. The molecule has 0 saturated heterocycles. The van der Waals surface area contributed by atoms with Gasteiger partial charge in [0.2, 0.25) is 0 Å². The Labute approximate surface area is 195 Å². The maximum absolute atomic E-state index is 12.9. The molecule has 0 atom stereocenters. The summed E-state index contributed by atoms with van der Waals surface area (Å²) in [6, 6.07) is 20.0. The highest BCUT2D eigenvalue weighted by molar-refractivity contribution is 6.39. The maximum atomic E-state index is 12.9. The molecule has 0 aromatic heterocycles. The first-order chi connectivity index (χ1) is 15.9. The Kier molecular flexibility index (Phi) is 6.24. The van der Waals surface area contributed by atoms with Gasteiger partial charge in [-0.2, -0.15) is 0 Å². The van der Waals surface area contributed by atoms with Crippen molar-refractivity contribution in [3.05, 3.63) is 100 Å². The van der Waals surface area contributed by atoms with Gasteiger partial charge in [0.1, 0.15) is 0 Å². The number of nitrogens with zero attached hydrogens (tertiary/aromatic N) is 2. The fraction of sp³-hybridized carbons (Fsp3) is 0.120. The minimum absolute atomic E-state index is 0.0643. The third-order valence-corrected chi connectivity index (χ3v) is 5.55. The Balaban J connectivity index is 1.44. The maximum Gasteiger partial charge on any atom is 0.338 e. The average Bonchev–Trinajstić information content (AvgIpc) is 3.07. The largest absolute Gasteiger partial charge is 0.452 e. The Morgan fingerprint density at radius 1 is 0.909 bits per heavy atom. The molecule has 0 N–H and O–H groups in total. The molecule has 0 bridgehead atoms. The number of para-hydroxylation sites is 1. The van der Waals surface area contributed by atoms with Crippen LogP contribution in [-0.2, 0) is 16.1 Å². The minimum Gasteiger partial charge on any atom is -0.452 e. The van der Waals surface area contributed by atoms with Crippen molar-refractivity contribution < 1.29 is 23.9 Å². The van der Waals surface area contributed by atoms with Gasteiger partial charge in [0, 0.05) is 13.6 Å². The predicted octanol–water partition coefficient (Wildman–Crippen LogP) is 3.96. The number of carbonyl (C=O) groups excluding carboxylic acids is 4. The van der Waals surface area contributed by atoms with Gasteiger partial charge in [-0.3, -0.25) is 14.4 Å². The van der Waals surface area contributed by atoms with Crippen molar-refractivity contribution in [3.63, 3.8) is 0 Å². The van der Waals surface area contributed by atoms with Gasteiger partial charge in [0.25, 0.3) is 17.7 Å². The molecule has 0 radical (unpaired) electrons. The number of imide groups is 1. The summed E-state index contributed by atoms with van der Waals surface area (Å²) in [4.78, 5) is 52.9. The molecular formula is C25H19ClN2O5. The molecule has 8 heteroatoms. The van der Waals surface area contributed by atoms with Gasteiger partial charge in [0.15, 0.2) is 6.61 Å². The van der Waals surface area contributed by atoms with Crippen LogP contribution < -0.4 is 4.90 Å². The highest BCUT2D eigenvalue weighted by Gasteiger charge is 2.38. The van der Waals surface area contributed by atoms with Crippen LogP contribution in [0.1, 0.15) is 36.6 Å². The van der Waals surface area contributed by atoms with E-state index in [0.717, 1.165) is 10.5 Å². The van der Waals surface area contributed by atoms with E-state index >= 15 is 0 Å². The molecule has 3 amide bonds. The van der Waals surface area contributed by atoms with Gasteiger partial charge >= 0.3 is 5.97 Å². The SMILES string of the molecule is CN(Cc1ccccc1)C(=O)COC(=O)c1ccc2c(c1)C(=O)N(c1ccccc1Cl)C2=O. The molecule has 33 heavy (non-hydrogen) atoms. The molecule has 0 saturated carbocycles. The summed E-state index contributed by atoms with van der Waals surface area (Å²) in [7, 11) is 1.62. The number of ether oxygens (including phenoxy) is 1. The fourth-order valence-corrected chi connectivity index (χ4v) is 3.71. The van der Waals surface area contributed by atoms with Gasteiger partial charge < -0.3 is 9.64 Å². The van der Waals surface area contributed by atoms with E-state index in [4.69, 9.17) is 16.3 Å². The van der Waals surface area contributed by atoms with Crippen molar-refractivity contribution >= 4 is 41.0 Å². The van der Waals surface area contributed by atoms with Gasteiger partial charge in [-0.15, -0.1) is 0 Å². The summed E-state index contributed by atoms with van der Waals surface area (Å²) in [5.41, 5.74) is 1.51. The van der Waals surface area contributed by atoms with E-state index in [1.54, 1.807) is 31.3 Å². The third kappa shape index (κ3) is 4.49. The van der Waals surface area contributed by atoms with Crippen molar-refractivity contribution in [2.75, 3.05) is 18.6 Å². The molecular weight excluding hydrogens is 444 g/mol. The van der Waals surface area contributed by atoms with Crippen molar-refractivity contribution in [2.24, 2.45) is 0 Å². The first-order valence-corrected chi connectivity index (χ1v) is 10.5. The molecule has 0 fully saturated rings. The normalized spacial score (nSPS) is 12.5. The highest BCUT2D eigenvalue weighted by Crippen LogP contribution is 2.33. The quantitative estimate of drug-likeness (QED) is 0.409. The lowest BCUT2D eigenvalue weighted by Gasteiger charge is -2.17. The number of esters is 1. The van der Waals surface area contributed by atoms with E-state index in [0.29, 0.717) is 6.54 Å². The molecule has 1 heterocycles. The molecule has 0 unspecified atom stereocenters. The number of anilines is 1. The molecule has 166 valence electrons. The number of fused-ring (bicyclic) bond motifs is 1. The Hall–Kier alpha value is -3.97. The molecule has 3 aromatic carbocycles. The lowest BCUT2D eigenvalue weighted by molar-refractivity contribution is -0.133. The molecule has 4 rings (SSSR count). The van der Waals surface area contributed by atoms with Crippen LogP contribution in [0.4, 0.5) is 5.69 Å². The summed E-state index contributed by atoms with van der Waals surface area (Å²) in [6.45, 7) is -0.0670. The van der Waals surface area contributed by atoms with Crippen LogP contribution in [0.15, 0.2) is 72.8 Å². The van der Waals surface area contributed by atoms with Crippen LogP contribution in [0.3, 0.4) is 0 Å². The molecule has 3 aromatic rings. The van der Waals surface area contributed by atoms with Crippen LogP contribution in [0.5, 0.6) is 0 Å². The molecule has 7 nitrogen and oxygen atoms in total. The second-order valence-corrected chi connectivity index (χ2v) is 7.88. The lowest BCUT2D eigenvalue weighted by atomic mass is 10.1. The summed E-state index contributed by atoms with van der Waals surface area (Å²) in [5, 5.41) is 0.254. The number of halogens is 1. The second kappa shape index (κ2) is 9.26. The summed E-state index contributed by atoms with van der Waals surface area (Å²) < 4.78 is 5.14. The number of hydrogen-bond donors (Lipinski definition) is 0. The number of benzene rings is 3. The van der Waals surface area contributed by atoms with Crippen molar-refractivity contribution in [2.45, 2.75) is 6.54 Å². The molecule has 0 spiro atoms. The van der Waals surface area contributed by atoms with Gasteiger partial charge in [-0.05, 0) is 35.9 Å². The van der Waals surface area contributed by atoms with E-state index in [1.165, 1.54) is 23.1 Å². The first-order valence-electron chi connectivity index (χ1n) is 10.1. The standard InChI is InChI=1S/C25H19ClN2O5/c1-27(14-16-7-3-2-4-8-16)22(29)15-33-25(32)17-11-12-18-19(13-17)24(31)28(23(18)30)21-10-6-5-9-20(21)26/h2-13H,14-15H2,1H3. The molecule has 1 aliphatic heterocycles. The molecule has 0 aliphatic carbocycles. The van der Waals surface area contributed by atoms with E-state index < -0.39 is 24.4 Å². The minimum atomic E-state index is -0.768. The van der Waals surface area contributed by atoms with Gasteiger partial charge in [0.05, 0.1) is 27.4 Å². The van der Waals surface area contributed by atoms with Crippen molar-refractivity contribution in [1.29, 1.82) is 0 Å². The van der Waals surface area contributed by atoms with Crippen molar-refractivity contribution in [1.82, 2.24) is 4.90 Å². The van der Waals surface area contributed by atoms with Gasteiger partial charge in [-0.25, -0.2) is 9.69 Å². The molecule has 1 aliphatic rings. The average molecular weight is 463 g/mol. The number of carbonyl (C=O) groups is 4. The van der Waals surface area contributed by atoms with E-state index in [2.05, 4.69) is 0 Å². The Morgan fingerprint density at radius 2 is 1.58 bits per heavy atom. The lowest BCUT2D eigenvalue weighted by Crippen LogP contribution is -2.30. The Bertz CT molecular complexity index is 1260. The smallest absolute Gasteiger partial charge is 0.338 e.